The lowest BCUT2D eigenvalue weighted by molar-refractivity contribution is 0.00578. The van der Waals surface area contributed by atoms with Gasteiger partial charge in [-0.25, -0.2) is 4.79 Å². The average molecular weight is 330 g/mol. The van der Waals surface area contributed by atoms with Gasteiger partial charge in [-0.1, -0.05) is 0 Å². The normalized spacial score (nSPS) is 29.2. The Morgan fingerprint density at radius 1 is 1.33 bits per heavy atom. The Morgan fingerprint density at radius 3 is 2.54 bits per heavy atom. The van der Waals surface area contributed by atoms with Gasteiger partial charge >= 0.3 is 13.2 Å². The van der Waals surface area contributed by atoms with E-state index >= 15 is 0 Å². The zero-order valence-electron chi connectivity index (χ0n) is 14.8. The van der Waals surface area contributed by atoms with Gasteiger partial charge in [-0.3, -0.25) is 9.88 Å². The SMILES string of the molecule is Cc1c(B2OC(C)(C)C(C)(C)O2)cnc2c1N(C(=O)O)CC1CC21. The van der Waals surface area contributed by atoms with Gasteiger partial charge < -0.3 is 14.4 Å². The van der Waals surface area contributed by atoms with Crippen LogP contribution >= 0.6 is 0 Å². The standard InChI is InChI=1S/C17H23BN2O4/c1-9-12(18-23-16(2,3)17(4,5)24-18)7-19-13-11-6-10(11)8-20(14(9)13)15(21)22/h7,10-11H,6,8H2,1-5H3,(H,21,22). The zero-order chi connectivity index (χ0) is 17.4. The molecule has 24 heavy (non-hydrogen) atoms. The number of nitrogens with zero attached hydrogens (tertiary/aromatic N) is 2. The molecule has 2 atom stereocenters. The summed E-state index contributed by atoms with van der Waals surface area (Å²) in [6.07, 6.45) is 1.91. The van der Waals surface area contributed by atoms with E-state index in [4.69, 9.17) is 9.31 Å². The molecular weight excluding hydrogens is 307 g/mol. The fraction of sp³-hybridized carbons (Fsp3) is 0.647. The van der Waals surface area contributed by atoms with Crippen LogP contribution in [0.25, 0.3) is 0 Å². The summed E-state index contributed by atoms with van der Waals surface area (Å²) < 4.78 is 12.3. The average Bonchev–Trinajstić information content (AvgIpc) is 3.20. The Morgan fingerprint density at radius 2 is 1.96 bits per heavy atom. The molecule has 1 aromatic rings. The third-order valence-corrected chi connectivity index (χ3v) is 6.07. The summed E-state index contributed by atoms with van der Waals surface area (Å²) in [5, 5.41) is 9.60. The molecule has 0 aromatic carbocycles. The number of rotatable bonds is 1. The molecule has 7 heteroatoms. The fourth-order valence-corrected chi connectivity index (χ4v) is 3.73. The van der Waals surface area contributed by atoms with Crippen molar-refractivity contribution in [3.63, 3.8) is 0 Å². The van der Waals surface area contributed by atoms with Crippen LogP contribution < -0.4 is 10.4 Å². The van der Waals surface area contributed by atoms with Crippen LogP contribution in [-0.4, -0.2) is 41.0 Å². The van der Waals surface area contributed by atoms with Gasteiger partial charge in [0.1, 0.15) is 0 Å². The van der Waals surface area contributed by atoms with E-state index < -0.39 is 24.4 Å². The predicted octanol–water partition coefficient (Wildman–Crippen LogP) is 2.29. The van der Waals surface area contributed by atoms with Crippen LogP contribution in [0.5, 0.6) is 0 Å². The number of aromatic nitrogens is 1. The largest absolute Gasteiger partial charge is 0.496 e. The Labute approximate surface area is 142 Å². The molecule has 6 nitrogen and oxygen atoms in total. The van der Waals surface area contributed by atoms with Crippen molar-refractivity contribution in [1.29, 1.82) is 0 Å². The molecule has 2 unspecified atom stereocenters. The summed E-state index contributed by atoms with van der Waals surface area (Å²) in [5.41, 5.74) is 2.48. The maximum atomic E-state index is 11.7. The van der Waals surface area contributed by atoms with Gasteiger partial charge in [-0.2, -0.15) is 0 Å². The second kappa shape index (κ2) is 4.73. The summed E-state index contributed by atoms with van der Waals surface area (Å²) in [5.74, 6) is 0.824. The number of carbonyl (C=O) groups is 1. The fourth-order valence-electron chi connectivity index (χ4n) is 3.73. The van der Waals surface area contributed by atoms with E-state index in [2.05, 4.69) is 4.98 Å². The molecule has 1 N–H and O–H groups in total. The number of carboxylic acid groups (broad SMARTS) is 1. The quantitative estimate of drug-likeness (QED) is 0.800. The summed E-state index contributed by atoms with van der Waals surface area (Å²) in [7, 11) is -0.527. The summed E-state index contributed by atoms with van der Waals surface area (Å²) in [6.45, 7) is 10.5. The highest BCUT2D eigenvalue weighted by molar-refractivity contribution is 6.62. The Bertz CT molecular complexity index is 718. The first-order valence-corrected chi connectivity index (χ1v) is 8.48. The van der Waals surface area contributed by atoms with E-state index in [-0.39, 0.29) is 0 Å². The van der Waals surface area contributed by atoms with Gasteiger partial charge in [-0.15, -0.1) is 0 Å². The first-order valence-electron chi connectivity index (χ1n) is 8.48. The predicted molar refractivity (Wildman–Crippen MR) is 90.9 cm³/mol. The van der Waals surface area contributed by atoms with E-state index in [0.717, 1.165) is 28.8 Å². The van der Waals surface area contributed by atoms with Gasteiger partial charge in [0, 0.05) is 24.1 Å². The number of hydrogen-bond acceptors (Lipinski definition) is 4. The van der Waals surface area contributed by atoms with E-state index in [1.165, 1.54) is 4.90 Å². The first-order chi connectivity index (χ1) is 11.1. The van der Waals surface area contributed by atoms with Crippen LogP contribution in [0, 0.1) is 12.8 Å². The molecule has 1 aliphatic carbocycles. The van der Waals surface area contributed by atoms with E-state index in [1.807, 2.05) is 34.6 Å². The minimum Gasteiger partial charge on any atom is -0.465 e. The number of pyridine rings is 1. The van der Waals surface area contributed by atoms with Gasteiger partial charge in [0.2, 0.25) is 0 Å². The molecule has 1 saturated heterocycles. The molecule has 1 amide bonds. The van der Waals surface area contributed by atoms with Crippen LogP contribution in [-0.2, 0) is 9.31 Å². The molecule has 0 radical (unpaired) electrons. The van der Waals surface area contributed by atoms with Gasteiger partial charge in [-0.05, 0) is 52.5 Å². The minimum absolute atomic E-state index is 0.404. The second-order valence-electron chi connectivity index (χ2n) is 8.16. The van der Waals surface area contributed by atoms with Gasteiger partial charge in [0.05, 0.1) is 22.6 Å². The lowest BCUT2D eigenvalue weighted by Crippen LogP contribution is -2.41. The third-order valence-electron chi connectivity index (χ3n) is 6.07. The van der Waals surface area contributed by atoms with Crippen LogP contribution in [0.1, 0.15) is 51.3 Å². The van der Waals surface area contributed by atoms with Crippen LogP contribution in [0.2, 0.25) is 0 Å². The van der Waals surface area contributed by atoms with Crippen LogP contribution in [0.4, 0.5) is 10.5 Å². The summed E-state index contributed by atoms with van der Waals surface area (Å²) in [4.78, 5) is 17.8. The smallest absolute Gasteiger partial charge is 0.465 e. The van der Waals surface area contributed by atoms with Crippen molar-refractivity contribution in [3.05, 3.63) is 17.5 Å². The van der Waals surface area contributed by atoms with Crippen molar-refractivity contribution in [2.24, 2.45) is 5.92 Å². The van der Waals surface area contributed by atoms with Crippen LogP contribution in [0.15, 0.2) is 6.20 Å². The molecule has 128 valence electrons. The van der Waals surface area contributed by atoms with Crippen molar-refractivity contribution in [2.45, 2.75) is 58.2 Å². The Balaban J connectivity index is 1.77. The first kappa shape index (κ1) is 15.9. The molecule has 3 aliphatic rings. The lowest BCUT2D eigenvalue weighted by atomic mass is 9.76. The van der Waals surface area contributed by atoms with Crippen molar-refractivity contribution in [1.82, 2.24) is 4.98 Å². The highest BCUT2D eigenvalue weighted by atomic mass is 16.7. The molecular formula is C17H23BN2O4. The van der Waals surface area contributed by atoms with E-state index in [1.54, 1.807) is 6.20 Å². The maximum absolute atomic E-state index is 11.7. The van der Waals surface area contributed by atoms with Gasteiger partial charge in [0.25, 0.3) is 0 Å². The summed E-state index contributed by atoms with van der Waals surface area (Å²) in [6, 6.07) is 0. The zero-order valence-corrected chi connectivity index (χ0v) is 14.8. The summed E-state index contributed by atoms with van der Waals surface area (Å²) >= 11 is 0. The van der Waals surface area contributed by atoms with Gasteiger partial charge in [0.15, 0.2) is 0 Å². The molecule has 1 saturated carbocycles. The van der Waals surface area contributed by atoms with Crippen LogP contribution in [0.3, 0.4) is 0 Å². The molecule has 1 aromatic heterocycles. The van der Waals surface area contributed by atoms with E-state index in [0.29, 0.717) is 18.4 Å². The van der Waals surface area contributed by atoms with Crippen molar-refractivity contribution >= 4 is 24.4 Å². The highest BCUT2D eigenvalue weighted by Gasteiger charge is 2.54. The third kappa shape index (κ3) is 2.11. The monoisotopic (exact) mass is 330 g/mol. The van der Waals surface area contributed by atoms with E-state index in [9.17, 15) is 9.90 Å². The molecule has 3 heterocycles. The highest BCUT2D eigenvalue weighted by Crippen LogP contribution is 2.54. The second-order valence-corrected chi connectivity index (χ2v) is 8.16. The molecule has 4 rings (SSSR count). The van der Waals surface area contributed by atoms with Crippen molar-refractivity contribution < 1.29 is 19.2 Å². The molecule has 0 bridgehead atoms. The molecule has 2 aliphatic heterocycles. The van der Waals surface area contributed by atoms with Crippen molar-refractivity contribution in [3.8, 4) is 0 Å². The number of anilines is 1. The Kier molecular flexibility index (Phi) is 3.13. The Hall–Kier alpha value is -1.60. The number of fused-ring (bicyclic) bond motifs is 3. The number of hydrogen-bond donors (Lipinski definition) is 1. The number of amides is 1. The molecule has 0 spiro atoms. The maximum Gasteiger partial charge on any atom is 0.496 e. The van der Waals surface area contributed by atoms with Crippen molar-refractivity contribution in [2.75, 3.05) is 11.4 Å². The topological polar surface area (TPSA) is 71.9 Å². The lowest BCUT2D eigenvalue weighted by Gasteiger charge is -2.32. The minimum atomic E-state index is -0.919. The molecule has 2 fully saturated rings.